The molecule has 1 N–H and O–H groups in total. The van der Waals surface area contributed by atoms with Crippen molar-refractivity contribution in [2.24, 2.45) is 0 Å². The first-order valence-corrected chi connectivity index (χ1v) is 15.2. The maximum atomic E-state index is 13.0. The zero-order valence-corrected chi connectivity index (χ0v) is 24.3. The van der Waals surface area contributed by atoms with Gasteiger partial charge in [-0.05, 0) is 50.4 Å². The Bertz CT molecular complexity index is 1300. The van der Waals surface area contributed by atoms with Gasteiger partial charge in [-0.1, -0.05) is 19.8 Å². The number of aromatic nitrogens is 3. The summed E-state index contributed by atoms with van der Waals surface area (Å²) in [6.45, 7) is 10.4. The molecule has 0 unspecified atom stereocenters. The number of hydrogen-bond donors (Lipinski definition) is 1. The summed E-state index contributed by atoms with van der Waals surface area (Å²) in [7, 11) is 3.63. The van der Waals surface area contributed by atoms with Gasteiger partial charge in [0.15, 0.2) is 0 Å². The van der Waals surface area contributed by atoms with E-state index in [1.165, 1.54) is 64.1 Å². The first-order valence-electron chi connectivity index (χ1n) is 15.2. The van der Waals surface area contributed by atoms with Crippen LogP contribution in [-0.4, -0.2) is 101 Å². The number of nitrogens with one attached hydrogen (secondary N) is 1. The number of carbonyl (C=O) groups is 1. The largest absolute Gasteiger partial charge is 0.370 e. The summed E-state index contributed by atoms with van der Waals surface area (Å²) in [5, 5.41) is 4.41. The van der Waals surface area contributed by atoms with Gasteiger partial charge in [-0.2, -0.15) is 0 Å². The number of piperazine rings is 1. The molecule has 3 fully saturated rings. The Morgan fingerprint density at radius 2 is 1.62 bits per heavy atom. The summed E-state index contributed by atoms with van der Waals surface area (Å²) >= 11 is 0. The molecule has 6 rings (SSSR count). The van der Waals surface area contributed by atoms with Crippen LogP contribution in [0.3, 0.4) is 0 Å². The second-order valence-corrected chi connectivity index (χ2v) is 11.9. The van der Waals surface area contributed by atoms with E-state index in [4.69, 9.17) is 4.98 Å². The minimum atomic E-state index is 0.0398. The SMILES string of the molecule is CCN1CCN(C2CCN(c3ccc(Nc4cc5c(cn4)cc(C(=O)N(C)C)n5C4CCCC4)nc3)CC2)CC1. The molecule has 3 aromatic heterocycles. The number of carbonyl (C=O) groups excluding carboxylic acids is 1. The molecule has 9 heteroatoms. The molecule has 3 aromatic rings. The van der Waals surface area contributed by atoms with Crippen molar-refractivity contribution in [3.8, 4) is 0 Å². The van der Waals surface area contributed by atoms with E-state index in [2.05, 4.69) is 48.6 Å². The van der Waals surface area contributed by atoms with Gasteiger partial charge in [0.05, 0.1) is 17.4 Å². The fourth-order valence-electron chi connectivity index (χ4n) is 6.85. The van der Waals surface area contributed by atoms with E-state index in [9.17, 15) is 4.79 Å². The van der Waals surface area contributed by atoms with Crippen LogP contribution in [0.25, 0.3) is 10.9 Å². The van der Waals surface area contributed by atoms with Crippen LogP contribution in [0.4, 0.5) is 17.3 Å². The average molecular weight is 545 g/mol. The topological polar surface area (TPSA) is 72.8 Å². The highest BCUT2D eigenvalue weighted by molar-refractivity contribution is 5.99. The molecule has 40 heavy (non-hydrogen) atoms. The third-order valence-electron chi connectivity index (χ3n) is 9.24. The van der Waals surface area contributed by atoms with Gasteiger partial charge in [0, 0.05) is 83.1 Å². The molecule has 0 radical (unpaired) electrons. The van der Waals surface area contributed by atoms with Gasteiger partial charge in [-0.3, -0.25) is 9.69 Å². The van der Waals surface area contributed by atoms with Crippen LogP contribution < -0.4 is 10.2 Å². The van der Waals surface area contributed by atoms with Crippen LogP contribution in [0.5, 0.6) is 0 Å². The standard InChI is InChI=1S/C31H44N8O/c1-4-36-15-17-38(18-16-36)24-11-13-37(14-12-24)26-9-10-29(33-22-26)34-30-20-27-23(21-32-30)19-28(31(40)35(2)3)39(27)25-7-5-6-8-25/h9-10,19-22,24-25H,4-8,11-18H2,1-3H3,(H,32,33,34). The van der Waals surface area contributed by atoms with Gasteiger partial charge in [0.1, 0.15) is 17.3 Å². The number of piperidine rings is 1. The predicted molar refractivity (Wildman–Crippen MR) is 162 cm³/mol. The number of likely N-dealkylation sites (N-methyl/N-ethyl adjacent to an activating group) is 1. The van der Waals surface area contributed by atoms with Crippen LogP contribution in [0.2, 0.25) is 0 Å². The molecule has 2 aliphatic heterocycles. The van der Waals surface area contributed by atoms with Gasteiger partial charge >= 0.3 is 0 Å². The van der Waals surface area contributed by atoms with Crippen LogP contribution in [0.1, 0.15) is 62.0 Å². The fraction of sp³-hybridized carbons (Fsp3) is 0.581. The molecule has 1 aliphatic carbocycles. The van der Waals surface area contributed by atoms with E-state index in [1.54, 1.807) is 4.90 Å². The zero-order chi connectivity index (χ0) is 27.6. The van der Waals surface area contributed by atoms with Crippen molar-refractivity contribution >= 4 is 34.1 Å². The Labute approximate surface area is 238 Å². The van der Waals surface area contributed by atoms with Crippen molar-refractivity contribution in [1.29, 1.82) is 0 Å². The van der Waals surface area contributed by atoms with Crippen LogP contribution in [0, 0.1) is 0 Å². The molecule has 214 valence electrons. The summed E-state index contributed by atoms with van der Waals surface area (Å²) in [6.07, 6.45) is 10.9. The summed E-state index contributed by atoms with van der Waals surface area (Å²) in [5.74, 6) is 1.57. The average Bonchev–Trinajstić information content (AvgIpc) is 3.65. The molecular weight excluding hydrogens is 500 g/mol. The molecule has 1 saturated carbocycles. The number of hydrogen-bond acceptors (Lipinski definition) is 7. The monoisotopic (exact) mass is 544 g/mol. The van der Waals surface area contributed by atoms with Gasteiger partial charge < -0.3 is 24.6 Å². The Morgan fingerprint density at radius 1 is 0.900 bits per heavy atom. The molecule has 2 saturated heterocycles. The lowest BCUT2D eigenvalue weighted by Crippen LogP contribution is -2.53. The van der Waals surface area contributed by atoms with Crippen LogP contribution in [-0.2, 0) is 0 Å². The van der Waals surface area contributed by atoms with Crippen LogP contribution in [0.15, 0.2) is 36.7 Å². The van der Waals surface area contributed by atoms with Crippen LogP contribution >= 0.6 is 0 Å². The lowest BCUT2D eigenvalue weighted by Gasteiger charge is -2.43. The normalized spacial score (nSPS) is 19.9. The second-order valence-electron chi connectivity index (χ2n) is 11.9. The number of anilines is 3. The summed E-state index contributed by atoms with van der Waals surface area (Å²) in [5.41, 5.74) is 3.00. The Kier molecular flexibility index (Phi) is 7.94. The number of nitrogens with zero attached hydrogens (tertiary/aromatic N) is 7. The maximum Gasteiger partial charge on any atom is 0.270 e. The molecule has 0 atom stereocenters. The zero-order valence-electron chi connectivity index (χ0n) is 24.3. The number of amides is 1. The second kappa shape index (κ2) is 11.7. The molecule has 9 nitrogen and oxygen atoms in total. The highest BCUT2D eigenvalue weighted by atomic mass is 16.2. The number of fused-ring (bicyclic) bond motifs is 1. The van der Waals surface area contributed by atoms with Crippen molar-refractivity contribution in [2.75, 3.05) is 70.1 Å². The van der Waals surface area contributed by atoms with Crippen molar-refractivity contribution in [2.45, 2.75) is 57.5 Å². The predicted octanol–water partition coefficient (Wildman–Crippen LogP) is 4.60. The lowest BCUT2D eigenvalue weighted by atomic mass is 10.0. The quantitative estimate of drug-likeness (QED) is 0.466. The minimum Gasteiger partial charge on any atom is -0.370 e. The van der Waals surface area contributed by atoms with E-state index in [1.807, 2.05) is 38.6 Å². The van der Waals surface area contributed by atoms with E-state index in [0.717, 1.165) is 54.2 Å². The van der Waals surface area contributed by atoms with Gasteiger partial charge in [-0.15, -0.1) is 0 Å². The third kappa shape index (κ3) is 5.54. The summed E-state index contributed by atoms with van der Waals surface area (Å²) in [6, 6.07) is 9.35. The first-order chi connectivity index (χ1) is 19.5. The minimum absolute atomic E-state index is 0.0398. The Morgan fingerprint density at radius 3 is 2.27 bits per heavy atom. The molecule has 0 bridgehead atoms. The molecule has 0 spiro atoms. The van der Waals surface area contributed by atoms with E-state index < -0.39 is 0 Å². The first kappa shape index (κ1) is 27.0. The third-order valence-corrected chi connectivity index (χ3v) is 9.24. The number of rotatable bonds is 7. The summed E-state index contributed by atoms with van der Waals surface area (Å²) in [4.78, 5) is 31.8. The van der Waals surface area contributed by atoms with Crippen molar-refractivity contribution in [3.05, 3.63) is 42.4 Å². The summed E-state index contributed by atoms with van der Waals surface area (Å²) < 4.78 is 2.25. The van der Waals surface area contributed by atoms with E-state index in [-0.39, 0.29) is 5.91 Å². The molecule has 3 aliphatic rings. The van der Waals surface area contributed by atoms with Crippen molar-refractivity contribution < 1.29 is 4.79 Å². The van der Waals surface area contributed by atoms with Gasteiger partial charge in [0.2, 0.25) is 0 Å². The van der Waals surface area contributed by atoms with Crippen molar-refractivity contribution in [3.63, 3.8) is 0 Å². The highest BCUT2D eigenvalue weighted by Crippen LogP contribution is 2.36. The van der Waals surface area contributed by atoms with E-state index >= 15 is 0 Å². The van der Waals surface area contributed by atoms with E-state index in [0.29, 0.717) is 12.1 Å². The molecule has 1 amide bonds. The molecule has 5 heterocycles. The fourth-order valence-corrected chi connectivity index (χ4v) is 6.85. The Balaban J connectivity index is 1.12. The van der Waals surface area contributed by atoms with Gasteiger partial charge in [0.25, 0.3) is 5.91 Å². The number of pyridine rings is 2. The van der Waals surface area contributed by atoms with Gasteiger partial charge in [-0.25, -0.2) is 9.97 Å². The lowest BCUT2D eigenvalue weighted by molar-refractivity contribution is 0.0815. The smallest absolute Gasteiger partial charge is 0.270 e. The highest BCUT2D eigenvalue weighted by Gasteiger charge is 2.28. The molecule has 0 aromatic carbocycles. The Hall–Kier alpha value is -3.17. The maximum absolute atomic E-state index is 13.0. The molecular formula is C31H44N8O. The van der Waals surface area contributed by atoms with Crippen molar-refractivity contribution in [1.82, 2.24) is 29.2 Å².